The van der Waals surface area contributed by atoms with E-state index in [0.29, 0.717) is 50.4 Å². The predicted octanol–water partition coefficient (Wildman–Crippen LogP) is 7.67. The zero-order valence-electron chi connectivity index (χ0n) is 21.0. The van der Waals surface area contributed by atoms with Crippen LogP contribution in [0, 0.1) is 6.92 Å². The lowest BCUT2D eigenvalue weighted by molar-refractivity contribution is -0.0389. The van der Waals surface area contributed by atoms with Crippen LogP contribution < -0.4 is 9.50 Å². The lowest BCUT2D eigenvalue weighted by Gasteiger charge is -2.29. The summed E-state index contributed by atoms with van der Waals surface area (Å²) < 4.78 is 70.8. The third-order valence-electron chi connectivity index (χ3n) is 6.60. The first-order valence-electron chi connectivity index (χ1n) is 12.3. The molecular weight excluding hydrogens is 592 g/mol. The molecule has 1 aliphatic carbocycles. The topological polar surface area (TPSA) is 60.3 Å². The van der Waals surface area contributed by atoms with Crippen molar-refractivity contribution in [1.82, 2.24) is 9.88 Å². The van der Waals surface area contributed by atoms with Gasteiger partial charge in [0, 0.05) is 46.4 Å². The molecule has 4 rings (SSSR count). The molecule has 0 amide bonds. The molecule has 210 valence electrons. The van der Waals surface area contributed by atoms with Crippen LogP contribution in [-0.4, -0.2) is 42.4 Å². The highest BCUT2D eigenvalue weighted by Crippen LogP contribution is 2.37. The number of nitrogens with one attached hydrogen (secondary N) is 1. The van der Waals surface area contributed by atoms with Crippen LogP contribution in [0.3, 0.4) is 0 Å². The third kappa shape index (κ3) is 7.28. The molecule has 1 N–H and O–H groups in total. The first kappa shape index (κ1) is 29.7. The van der Waals surface area contributed by atoms with Crippen LogP contribution >= 0.6 is 35.4 Å². The van der Waals surface area contributed by atoms with E-state index in [9.17, 15) is 21.6 Å². The van der Waals surface area contributed by atoms with Crippen LogP contribution in [-0.2, 0) is 10.1 Å². The Hall–Kier alpha value is -2.27. The Balaban J connectivity index is 1.69. The van der Waals surface area contributed by atoms with Crippen LogP contribution in [0.4, 0.5) is 13.2 Å². The summed E-state index contributed by atoms with van der Waals surface area (Å²) in [5.41, 5.74) is 3.53. The fraction of sp³-hybridized carbons (Fsp3) is 0.370. The molecule has 1 aromatic heterocycles. The van der Waals surface area contributed by atoms with Gasteiger partial charge < -0.3 is 14.1 Å². The largest absolute Gasteiger partial charge is 0.382 e. The van der Waals surface area contributed by atoms with Gasteiger partial charge in [0.25, 0.3) is 0 Å². The second-order valence-corrected chi connectivity index (χ2v) is 12.4. The molecule has 0 aliphatic heterocycles. The fourth-order valence-corrected chi connectivity index (χ4v) is 6.41. The number of halogens is 5. The smallest absolute Gasteiger partial charge is 0.309 e. The molecule has 0 unspecified atom stereocenters. The van der Waals surface area contributed by atoms with Gasteiger partial charge in [0.05, 0.1) is 23.1 Å². The average molecular weight is 620 g/mol. The van der Waals surface area contributed by atoms with Crippen molar-refractivity contribution in [2.24, 2.45) is 0 Å². The summed E-state index contributed by atoms with van der Waals surface area (Å²) in [5.74, 6) is -2.96. The highest BCUT2D eigenvalue weighted by molar-refractivity contribution is 7.87. The van der Waals surface area contributed by atoms with Gasteiger partial charge in [-0.1, -0.05) is 35.4 Å². The minimum atomic E-state index is -3.92. The lowest BCUT2D eigenvalue weighted by atomic mass is 9.92. The summed E-state index contributed by atoms with van der Waals surface area (Å²) >= 11 is 18.4. The lowest BCUT2D eigenvalue weighted by Crippen LogP contribution is -2.40. The SMILES string of the molecule is Cc1c(C(=S)NC2CCC(F)(F)CC2)cc(-c2ccc(Cl)cc2Cl)n1-c1ccc(OS(=O)(=O)CCCF)cc1. The average Bonchev–Trinajstić information content (AvgIpc) is 3.21. The molecule has 1 aliphatic rings. The van der Waals surface area contributed by atoms with Gasteiger partial charge >= 0.3 is 10.1 Å². The summed E-state index contributed by atoms with van der Waals surface area (Å²) in [6.07, 6.45) is 0.124. The van der Waals surface area contributed by atoms with E-state index in [1.165, 1.54) is 12.1 Å². The highest BCUT2D eigenvalue weighted by atomic mass is 35.5. The van der Waals surface area contributed by atoms with Gasteiger partial charge in [-0.2, -0.15) is 8.42 Å². The number of nitrogens with zero attached hydrogens (tertiary/aromatic N) is 1. The molecule has 1 fully saturated rings. The number of alkyl halides is 3. The number of benzene rings is 2. The Bertz CT molecular complexity index is 1450. The minimum absolute atomic E-state index is 0.0972. The molecule has 1 saturated carbocycles. The molecule has 1 heterocycles. The van der Waals surface area contributed by atoms with Gasteiger partial charge in [-0.25, -0.2) is 8.78 Å². The van der Waals surface area contributed by atoms with E-state index in [1.807, 2.05) is 17.6 Å². The standard InChI is InChI=1S/C27H27Cl2F3N2O3S2/c1-17-23(26(38)33-19-9-11-27(31,32)12-10-19)16-25(22-8-3-18(28)15-24(22)29)34(17)20-4-6-21(7-5-20)37-39(35,36)14-2-13-30/h3-8,15-16,19H,2,9-14H2,1H3,(H,33,38). The Morgan fingerprint density at radius 1 is 1.13 bits per heavy atom. The van der Waals surface area contributed by atoms with Gasteiger partial charge in [0.15, 0.2) is 0 Å². The molecular formula is C27H27Cl2F3N2O3S2. The highest BCUT2D eigenvalue weighted by Gasteiger charge is 2.35. The van der Waals surface area contributed by atoms with Crippen molar-refractivity contribution in [2.45, 2.75) is 51.0 Å². The van der Waals surface area contributed by atoms with Crippen molar-refractivity contribution in [3.05, 3.63) is 69.8 Å². The maximum atomic E-state index is 13.6. The van der Waals surface area contributed by atoms with Crippen LogP contribution in [0.25, 0.3) is 16.9 Å². The second kappa shape index (κ2) is 12.1. The predicted molar refractivity (Wildman–Crippen MR) is 153 cm³/mol. The van der Waals surface area contributed by atoms with E-state index in [0.717, 1.165) is 5.69 Å². The maximum Gasteiger partial charge on any atom is 0.309 e. The van der Waals surface area contributed by atoms with Crippen LogP contribution in [0.1, 0.15) is 43.4 Å². The number of thiocarbonyl (C=S) groups is 1. The van der Waals surface area contributed by atoms with Crippen LogP contribution in [0.15, 0.2) is 48.5 Å². The zero-order valence-corrected chi connectivity index (χ0v) is 24.2. The summed E-state index contributed by atoms with van der Waals surface area (Å²) in [5, 5.41) is 4.14. The van der Waals surface area contributed by atoms with Gasteiger partial charge in [-0.3, -0.25) is 4.39 Å². The number of aromatic nitrogens is 1. The van der Waals surface area contributed by atoms with Gasteiger partial charge in [-0.15, -0.1) is 0 Å². The number of hydrogen-bond donors (Lipinski definition) is 1. The van der Waals surface area contributed by atoms with Crippen molar-refractivity contribution >= 4 is 50.5 Å². The quantitative estimate of drug-likeness (QED) is 0.197. The molecule has 0 bridgehead atoms. The molecule has 5 nitrogen and oxygen atoms in total. The molecule has 0 radical (unpaired) electrons. The van der Waals surface area contributed by atoms with Gasteiger partial charge in [-0.05, 0) is 74.7 Å². The van der Waals surface area contributed by atoms with E-state index in [2.05, 4.69) is 5.32 Å². The molecule has 2 aromatic carbocycles. The third-order valence-corrected chi connectivity index (χ3v) is 8.72. The van der Waals surface area contributed by atoms with E-state index in [-0.39, 0.29) is 31.1 Å². The zero-order chi connectivity index (χ0) is 28.4. The second-order valence-electron chi connectivity index (χ2n) is 9.47. The molecule has 12 heteroatoms. The summed E-state index contributed by atoms with van der Waals surface area (Å²) in [6, 6.07) is 13.2. The Morgan fingerprint density at radius 3 is 2.41 bits per heavy atom. The summed E-state index contributed by atoms with van der Waals surface area (Å²) in [7, 11) is -3.92. The van der Waals surface area contributed by atoms with E-state index in [4.69, 9.17) is 39.6 Å². The maximum absolute atomic E-state index is 13.6. The van der Waals surface area contributed by atoms with E-state index >= 15 is 0 Å². The molecule has 3 aromatic rings. The van der Waals surface area contributed by atoms with Gasteiger partial charge in [0.2, 0.25) is 5.92 Å². The Morgan fingerprint density at radius 2 is 1.79 bits per heavy atom. The first-order chi connectivity index (χ1) is 18.4. The molecule has 0 spiro atoms. The molecule has 0 saturated heterocycles. The van der Waals surface area contributed by atoms with Gasteiger partial charge in [0.1, 0.15) is 10.7 Å². The van der Waals surface area contributed by atoms with Crippen molar-refractivity contribution < 1.29 is 25.8 Å². The molecule has 39 heavy (non-hydrogen) atoms. The summed E-state index contributed by atoms with van der Waals surface area (Å²) in [4.78, 5) is 0.437. The normalized spacial score (nSPS) is 15.7. The van der Waals surface area contributed by atoms with E-state index in [1.54, 1.807) is 30.3 Å². The van der Waals surface area contributed by atoms with Crippen molar-refractivity contribution in [1.29, 1.82) is 0 Å². The number of rotatable bonds is 9. The van der Waals surface area contributed by atoms with Crippen LogP contribution in [0.5, 0.6) is 5.75 Å². The Kier molecular flexibility index (Phi) is 9.20. The monoisotopic (exact) mass is 618 g/mol. The summed E-state index contributed by atoms with van der Waals surface area (Å²) in [6.45, 7) is 1.12. The molecule has 0 atom stereocenters. The van der Waals surface area contributed by atoms with E-state index < -0.39 is 28.5 Å². The Labute approximate surface area is 241 Å². The van der Waals surface area contributed by atoms with Crippen LogP contribution in [0.2, 0.25) is 10.0 Å². The first-order valence-corrected chi connectivity index (χ1v) is 15.1. The fourth-order valence-electron chi connectivity index (χ4n) is 4.58. The number of hydrogen-bond acceptors (Lipinski definition) is 4. The van der Waals surface area contributed by atoms with Crippen molar-refractivity contribution in [3.8, 4) is 22.7 Å². The van der Waals surface area contributed by atoms with Crippen molar-refractivity contribution in [3.63, 3.8) is 0 Å². The van der Waals surface area contributed by atoms with Crippen molar-refractivity contribution in [2.75, 3.05) is 12.4 Å². The minimum Gasteiger partial charge on any atom is -0.382 e.